The first-order chi connectivity index (χ1) is 14.9. The van der Waals surface area contributed by atoms with Crippen LogP contribution in [0.2, 0.25) is 0 Å². The lowest BCUT2D eigenvalue weighted by atomic mass is 10.2. The summed E-state index contributed by atoms with van der Waals surface area (Å²) in [5.41, 5.74) is 3.14. The van der Waals surface area contributed by atoms with E-state index in [9.17, 15) is 8.42 Å². The number of aromatic amines is 1. The molecule has 1 fully saturated rings. The molecule has 0 aliphatic carbocycles. The van der Waals surface area contributed by atoms with Crippen LogP contribution in [0.1, 0.15) is 31.3 Å². The molecule has 10 heteroatoms. The summed E-state index contributed by atoms with van der Waals surface area (Å²) in [5, 5.41) is 3.11. The highest BCUT2D eigenvalue weighted by Gasteiger charge is 2.20. The SMILES string of the molecule is CCc1nc(-c2ccnc(Nc3ccc(S(=O)(=O)NCC4CCCO4)cc3)n2)c(C)[nH]1. The Morgan fingerprint density at radius 1 is 1.19 bits per heavy atom. The van der Waals surface area contributed by atoms with Crippen molar-refractivity contribution in [1.29, 1.82) is 0 Å². The standard InChI is InChI=1S/C21H26N6O3S/c1-3-19-24-14(2)20(27-19)18-10-11-22-21(26-18)25-15-6-8-17(9-7-15)31(28,29)23-13-16-5-4-12-30-16/h6-11,16,23H,3-5,12-13H2,1-2H3,(H,24,27)(H,22,25,26). The van der Waals surface area contributed by atoms with Crippen LogP contribution in [0.5, 0.6) is 0 Å². The Labute approximate surface area is 181 Å². The van der Waals surface area contributed by atoms with E-state index in [1.54, 1.807) is 30.5 Å². The number of hydrogen-bond donors (Lipinski definition) is 3. The third-order valence-corrected chi connectivity index (χ3v) is 6.55. The third kappa shape index (κ3) is 5.09. The number of nitrogens with zero attached hydrogens (tertiary/aromatic N) is 3. The maximum atomic E-state index is 12.5. The number of rotatable bonds is 8. The molecule has 1 aliphatic rings. The minimum absolute atomic E-state index is 0.0494. The van der Waals surface area contributed by atoms with Crippen LogP contribution in [0.3, 0.4) is 0 Å². The number of sulfonamides is 1. The van der Waals surface area contributed by atoms with Gasteiger partial charge in [-0.25, -0.2) is 28.1 Å². The zero-order chi connectivity index (χ0) is 21.8. The lowest BCUT2D eigenvalue weighted by Crippen LogP contribution is -2.31. The van der Waals surface area contributed by atoms with E-state index in [0.717, 1.165) is 36.5 Å². The van der Waals surface area contributed by atoms with Gasteiger partial charge in [0.05, 0.1) is 16.7 Å². The van der Waals surface area contributed by atoms with Crippen molar-refractivity contribution in [1.82, 2.24) is 24.7 Å². The zero-order valence-electron chi connectivity index (χ0n) is 17.6. The van der Waals surface area contributed by atoms with E-state index in [1.165, 1.54) is 0 Å². The highest BCUT2D eigenvalue weighted by molar-refractivity contribution is 7.89. The molecule has 0 bridgehead atoms. The van der Waals surface area contributed by atoms with Crippen LogP contribution >= 0.6 is 0 Å². The number of aryl methyl sites for hydroxylation is 2. The summed E-state index contributed by atoms with van der Waals surface area (Å²) in [5.74, 6) is 1.32. The first kappa shape index (κ1) is 21.4. The van der Waals surface area contributed by atoms with Gasteiger partial charge in [0.15, 0.2) is 0 Å². The van der Waals surface area contributed by atoms with E-state index in [4.69, 9.17) is 4.74 Å². The van der Waals surface area contributed by atoms with Gasteiger partial charge in [-0.2, -0.15) is 0 Å². The minimum atomic E-state index is -3.59. The van der Waals surface area contributed by atoms with Crippen LogP contribution in [-0.4, -0.2) is 47.6 Å². The second-order valence-corrected chi connectivity index (χ2v) is 9.18. The molecule has 4 rings (SSSR count). The number of hydrogen-bond acceptors (Lipinski definition) is 7. The van der Waals surface area contributed by atoms with Gasteiger partial charge in [0, 0.05) is 37.2 Å². The molecule has 1 atom stereocenters. The number of anilines is 2. The zero-order valence-corrected chi connectivity index (χ0v) is 18.4. The van der Waals surface area contributed by atoms with Crippen molar-refractivity contribution in [2.75, 3.05) is 18.5 Å². The number of H-pyrrole nitrogens is 1. The molecular weight excluding hydrogens is 416 g/mol. The van der Waals surface area contributed by atoms with Gasteiger partial charge in [-0.1, -0.05) is 6.92 Å². The molecule has 1 unspecified atom stereocenters. The predicted molar refractivity (Wildman–Crippen MR) is 118 cm³/mol. The summed E-state index contributed by atoms with van der Waals surface area (Å²) in [6.45, 7) is 4.98. The van der Waals surface area contributed by atoms with Gasteiger partial charge in [0.2, 0.25) is 16.0 Å². The highest BCUT2D eigenvalue weighted by atomic mass is 32.2. The molecule has 2 aromatic heterocycles. The summed E-state index contributed by atoms with van der Waals surface area (Å²) < 4.78 is 33.1. The lowest BCUT2D eigenvalue weighted by molar-refractivity contribution is 0.114. The number of ether oxygens (including phenoxy) is 1. The molecule has 3 N–H and O–H groups in total. The van der Waals surface area contributed by atoms with E-state index in [-0.39, 0.29) is 17.5 Å². The Morgan fingerprint density at radius 2 is 2.00 bits per heavy atom. The van der Waals surface area contributed by atoms with Crippen molar-refractivity contribution >= 4 is 21.7 Å². The quantitative estimate of drug-likeness (QED) is 0.490. The fourth-order valence-corrected chi connectivity index (χ4v) is 4.49. The third-order valence-electron chi connectivity index (χ3n) is 5.11. The van der Waals surface area contributed by atoms with Crippen molar-refractivity contribution in [2.45, 2.75) is 44.1 Å². The molecule has 31 heavy (non-hydrogen) atoms. The Morgan fingerprint density at radius 3 is 2.68 bits per heavy atom. The fraction of sp³-hybridized carbons (Fsp3) is 0.381. The Hall–Kier alpha value is -2.82. The van der Waals surface area contributed by atoms with Crippen LogP contribution in [0.15, 0.2) is 41.4 Å². The van der Waals surface area contributed by atoms with E-state index in [1.807, 2.05) is 19.9 Å². The monoisotopic (exact) mass is 442 g/mol. The molecule has 1 saturated heterocycles. The number of nitrogens with one attached hydrogen (secondary N) is 3. The Balaban J connectivity index is 1.44. The van der Waals surface area contributed by atoms with Crippen molar-refractivity contribution in [3.63, 3.8) is 0 Å². The molecule has 164 valence electrons. The molecule has 9 nitrogen and oxygen atoms in total. The van der Waals surface area contributed by atoms with E-state index in [2.05, 4.69) is 30.0 Å². The van der Waals surface area contributed by atoms with Crippen LogP contribution < -0.4 is 10.0 Å². The first-order valence-corrected chi connectivity index (χ1v) is 11.8. The van der Waals surface area contributed by atoms with Gasteiger partial charge in [-0.05, 0) is 50.1 Å². The van der Waals surface area contributed by atoms with Crippen LogP contribution in [0.25, 0.3) is 11.4 Å². The van der Waals surface area contributed by atoms with Gasteiger partial charge in [0.1, 0.15) is 11.5 Å². The lowest BCUT2D eigenvalue weighted by Gasteiger charge is -2.12. The van der Waals surface area contributed by atoms with E-state index in [0.29, 0.717) is 23.9 Å². The van der Waals surface area contributed by atoms with Crippen molar-refractivity contribution in [3.8, 4) is 11.4 Å². The Bertz CT molecular complexity index is 1140. The maximum absolute atomic E-state index is 12.5. The van der Waals surface area contributed by atoms with Gasteiger partial charge < -0.3 is 15.0 Å². The number of imidazole rings is 1. The molecule has 0 amide bonds. The molecule has 0 spiro atoms. The van der Waals surface area contributed by atoms with Crippen molar-refractivity contribution < 1.29 is 13.2 Å². The molecule has 0 radical (unpaired) electrons. The predicted octanol–water partition coefficient (Wildman–Crippen LogP) is 2.94. The number of benzene rings is 1. The summed E-state index contributed by atoms with van der Waals surface area (Å²) in [6, 6.07) is 8.28. The molecule has 1 aliphatic heterocycles. The molecule has 0 saturated carbocycles. The van der Waals surface area contributed by atoms with Crippen LogP contribution in [-0.2, 0) is 21.2 Å². The number of aromatic nitrogens is 4. The topological polar surface area (TPSA) is 122 Å². The van der Waals surface area contributed by atoms with Crippen molar-refractivity contribution in [2.24, 2.45) is 0 Å². The van der Waals surface area contributed by atoms with E-state index >= 15 is 0 Å². The van der Waals surface area contributed by atoms with Crippen molar-refractivity contribution in [3.05, 3.63) is 48.0 Å². The minimum Gasteiger partial charge on any atom is -0.377 e. The highest BCUT2D eigenvalue weighted by Crippen LogP contribution is 2.22. The largest absolute Gasteiger partial charge is 0.377 e. The molecule has 1 aromatic carbocycles. The molecule has 3 heterocycles. The average molecular weight is 443 g/mol. The van der Waals surface area contributed by atoms with Gasteiger partial charge >= 0.3 is 0 Å². The second kappa shape index (κ2) is 9.13. The summed E-state index contributed by atoms with van der Waals surface area (Å²) >= 11 is 0. The summed E-state index contributed by atoms with van der Waals surface area (Å²) in [6.07, 6.45) is 4.27. The fourth-order valence-electron chi connectivity index (χ4n) is 3.43. The summed E-state index contributed by atoms with van der Waals surface area (Å²) in [4.78, 5) is 16.8. The second-order valence-electron chi connectivity index (χ2n) is 7.41. The first-order valence-electron chi connectivity index (χ1n) is 10.3. The normalized spacial score (nSPS) is 16.5. The van der Waals surface area contributed by atoms with Gasteiger partial charge in [-0.15, -0.1) is 0 Å². The maximum Gasteiger partial charge on any atom is 0.240 e. The Kier molecular flexibility index (Phi) is 6.30. The van der Waals surface area contributed by atoms with Crippen LogP contribution in [0, 0.1) is 6.92 Å². The van der Waals surface area contributed by atoms with Gasteiger partial charge in [0.25, 0.3) is 0 Å². The smallest absolute Gasteiger partial charge is 0.240 e. The van der Waals surface area contributed by atoms with E-state index < -0.39 is 10.0 Å². The molecule has 3 aromatic rings. The van der Waals surface area contributed by atoms with Gasteiger partial charge in [-0.3, -0.25) is 0 Å². The summed E-state index contributed by atoms with van der Waals surface area (Å²) in [7, 11) is -3.59. The molecular formula is C21H26N6O3S. The van der Waals surface area contributed by atoms with Crippen LogP contribution in [0.4, 0.5) is 11.6 Å². The average Bonchev–Trinajstić information content (AvgIpc) is 3.42.